The lowest BCUT2D eigenvalue weighted by Crippen LogP contribution is -2.68. The largest absolute Gasteiger partial charge is 0.490 e. The van der Waals surface area contributed by atoms with E-state index in [1.54, 1.807) is 6.20 Å². The zero-order chi connectivity index (χ0) is 23.2. The lowest BCUT2D eigenvalue weighted by molar-refractivity contribution is -0.192. The highest BCUT2D eigenvalue weighted by Crippen LogP contribution is 2.33. The van der Waals surface area contributed by atoms with Crippen molar-refractivity contribution in [2.24, 2.45) is 0 Å². The van der Waals surface area contributed by atoms with Gasteiger partial charge in [-0.15, -0.1) is 0 Å². The number of aromatic nitrogens is 1. The predicted molar refractivity (Wildman–Crippen MR) is 105 cm³/mol. The fourth-order valence-corrected chi connectivity index (χ4v) is 3.96. The Morgan fingerprint density at radius 3 is 2.26 bits per heavy atom. The van der Waals surface area contributed by atoms with Crippen molar-refractivity contribution in [3.05, 3.63) is 30.1 Å². The fraction of sp³-hybridized carbons (Fsp3) is 0.600. The van der Waals surface area contributed by atoms with E-state index in [2.05, 4.69) is 16.8 Å². The van der Waals surface area contributed by atoms with Gasteiger partial charge in [-0.25, -0.2) is 4.79 Å². The summed E-state index contributed by atoms with van der Waals surface area (Å²) in [6, 6.07) is 5.63. The van der Waals surface area contributed by atoms with Gasteiger partial charge in [0.05, 0.1) is 6.42 Å². The van der Waals surface area contributed by atoms with Crippen molar-refractivity contribution >= 4 is 17.8 Å². The molecule has 2 amide bonds. The average Bonchev–Trinajstić information content (AvgIpc) is 2.73. The second-order valence-electron chi connectivity index (χ2n) is 7.52. The van der Waals surface area contributed by atoms with Crippen LogP contribution in [0.25, 0.3) is 0 Å². The van der Waals surface area contributed by atoms with Gasteiger partial charge in [0.2, 0.25) is 11.8 Å². The summed E-state index contributed by atoms with van der Waals surface area (Å²) in [6.07, 6.45) is -1.60. The Labute approximate surface area is 178 Å². The molecule has 31 heavy (non-hydrogen) atoms. The Balaban J connectivity index is 0.000000423. The van der Waals surface area contributed by atoms with Crippen LogP contribution in [0.2, 0.25) is 0 Å². The van der Waals surface area contributed by atoms with Crippen molar-refractivity contribution in [2.75, 3.05) is 39.8 Å². The first-order valence-electron chi connectivity index (χ1n) is 9.99. The number of aliphatic carboxylic acids is 1. The summed E-state index contributed by atoms with van der Waals surface area (Å²) in [5, 5.41) is 7.12. The van der Waals surface area contributed by atoms with Crippen molar-refractivity contribution in [3.63, 3.8) is 0 Å². The van der Waals surface area contributed by atoms with E-state index in [9.17, 15) is 22.8 Å². The normalized spacial score (nSPS) is 19.1. The molecule has 2 aliphatic rings. The maximum absolute atomic E-state index is 12.8. The van der Waals surface area contributed by atoms with Gasteiger partial charge in [0, 0.05) is 45.1 Å². The Morgan fingerprint density at radius 1 is 1.16 bits per heavy atom. The Hall–Kier alpha value is -2.69. The van der Waals surface area contributed by atoms with E-state index in [0.29, 0.717) is 19.5 Å². The van der Waals surface area contributed by atoms with Gasteiger partial charge in [0.15, 0.2) is 0 Å². The predicted octanol–water partition coefficient (Wildman–Crippen LogP) is 1.41. The highest BCUT2D eigenvalue weighted by molar-refractivity contribution is 5.87. The molecular formula is C20H27F3N4O4. The van der Waals surface area contributed by atoms with Crippen LogP contribution in [0.1, 0.15) is 25.5 Å². The average molecular weight is 444 g/mol. The number of likely N-dealkylation sites (N-methyl/N-ethyl adjacent to an activating group) is 2. The molecule has 2 aliphatic heterocycles. The summed E-state index contributed by atoms with van der Waals surface area (Å²) >= 11 is 0. The van der Waals surface area contributed by atoms with Crippen LogP contribution in [-0.4, -0.2) is 94.1 Å². The lowest BCUT2D eigenvalue weighted by atomic mass is 9.82. The van der Waals surface area contributed by atoms with E-state index in [1.165, 1.54) is 0 Å². The van der Waals surface area contributed by atoms with Crippen molar-refractivity contribution in [2.45, 2.75) is 37.9 Å². The monoisotopic (exact) mass is 444 g/mol. The van der Waals surface area contributed by atoms with Crippen LogP contribution in [0.5, 0.6) is 0 Å². The highest BCUT2D eigenvalue weighted by Gasteiger charge is 2.49. The molecule has 3 rings (SSSR count). The maximum atomic E-state index is 12.8. The summed E-state index contributed by atoms with van der Waals surface area (Å²) in [5.41, 5.74) is 0.384. The van der Waals surface area contributed by atoms with E-state index >= 15 is 0 Å². The third kappa shape index (κ3) is 5.93. The Bertz CT molecular complexity index is 780. The third-order valence-corrected chi connectivity index (χ3v) is 5.68. The number of carboxylic acids is 1. The molecule has 0 aromatic carbocycles. The van der Waals surface area contributed by atoms with E-state index in [1.807, 2.05) is 35.0 Å². The number of pyridine rings is 1. The molecule has 2 saturated heterocycles. The van der Waals surface area contributed by atoms with Crippen LogP contribution < -0.4 is 0 Å². The summed E-state index contributed by atoms with van der Waals surface area (Å²) in [4.78, 5) is 44.5. The number of carboxylic acid groups (broad SMARTS) is 1. The SMILES string of the molecule is CCN1CCN(C)C(=O)C12CCN(C(=O)Cc1ccccn1)CC2.O=C(O)C(F)(F)F. The molecule has 11 heteroatoms. The van der Waals surface area contributed by atoms with Gasteiger partial charge < -0.3 is 14.9 Å². The van der Waals surface area contributed by atoms with E-state index in [-0.39, 0.29) is 11.8 Å². The van der Waals surface area contributed by atoms with Gasteiger partial charge >= 0.3 is 12.1 Å². The van der Waals surface area contributed by atoms with Crippen LogP contribution in [0.3, 0.4) is 0 Å². The number of carbonyl (C=O) groups excluding carboxylic acids is 2. The molecule has 0 unspecified atom stereocenters. The number of carbonyl (C=O) groups is 3. The first kappa shape index (κ1) is 24.6. The zero-order valence-corrected chi connectivity index (χ0v) is 17.6. The van der Waals surface area contributed by atoms with Crippen LogP contribution >= 0.6 is 0 Å². The highest BCUT2D eigenvalue weighted by atomic mass is 19.4. The number of rotatable bonds is 3. The van der Waals surface area contributed by atoms with Crippen LogP contribution in [0, 0.1) is 0 Å². The van der Waals surface area contributed by atoms with E-state index < -0.39 is 17.7 Å². The van der Waals surface area contributed by atoms with Crippen molar-refractivity contribution < 1.29 is 32.7 Å². The molecule has 0 bridgehead atoms. The summed E-state index contributed by atoms with van der Waals surface area (Å²) < 4.78 is 31.7. The van der Waals surface area contributed by atoms with Gasteiger partial charge in [-0.1, -0.05) is 13.0 Å². The van der Waals surface area contributed by atoms with Gasteiger partial charge in [-0.05, 0) is 31.5 Å². The standard InChI is InChI=1S/C18H26N4O2.C2HF3O2/c1-3-22-13-12-20(2)17(24)18(22)7-10-21(11-8-18)16(23)14-15-6-4-5-9-19-15;3-2(4,5)1(6)7/h4-6,9H,3,7-8,10-14H2,1-2H3;(H,6,7). The molecular weight excluding hydrogens is 417 g/mol. The summed E-state index contributed by atoms with van der Waals surface area (Å²) in [5.74, 6) is -2.44. The molecule has 2 fully saturated rings. The molecule has 8 nitrogen and oxygen atoms in total. The minimum absolute atomic E-state index is 0.100. The number of amides is 2. The van der Waals surface area contributed by atoms with E-state index in [4.69, 9.17) is 9.90 Å². The number of hydrogen-bond donors (Lipinski definition) is 1. The lowest BCUT2D eigenvalue weighted by Gasteiger charge is -2.52. The molecule has 1 N–H and O–H groups in total. The van der Waals surface area contributed by atoms with Gasteiger partial charge in [0.1, 0.15) is 5.54 Å². The molecule has 0 atom stereocenters. The first-order chi connectivity index (χ1) is 14.5. The smallest absolute Gasteiger partial charge is 0.475 e. The number of piperazine rings is 1. The summed E-state index contributed by atoms with van der Waals surface area (Å²) in [6.45, 7) is 5.97. The Morgan fingerprint density at radius 2 is 1.77 bits per heavy atom. The maximum Gasteiger partial charge on any atom is 0.490 e. The second-order valence-corrected chi connectivity index (χ2v) is 7.52. The number of piperidine rings is 1. The number of likely N-dealkylation sites (tertiary alicyclic amines) is 1. The second kappa shape index (κ2) is 10.1. The van der Waals surface area contributed by atoms with Crippen LogP contribution in [0.15, 0.2) is 24.4 Å². The molecule has 0 radical (unpaired) electrons. The third-order valence-electron chi connectivity index (χ3n) is 5.68. The van der Waals surface area contributed by atoms with Crippen LogP contribution in [0.4, 0.5) is 13.2 Å². The van der Waals surface area contributed by atoms with Crippen molar-refractivity contribution in [1.82, 2.24) is 19.7 Å². The van der Waals surface area contributed by atoms with Gasteiger partial charge in [-0.2, -0.15) is 13.2 Å². The van der Waals surface area contributed by atoms with Crippen LogP contribution in [-0.2, 0) is 20.8 Å². The summed E-state index contributed by atoms with van der Waals surface area (Å²) in [7, 11) is 1.88. The van der Waals surface area contributed by atoms with Gasteiger partial charge in [0.25, 0.3) is 0 Å². The molecule has 1 aromatic rings. The minimum atomic E-state index is -5.08. The number of halogens is 3. The minimum Gasteiger partial charge on any atom is -0.475 e. The molecule has 3 heterocycles. The number of nitrogens with zero attached hydrogens (tertiary/aromatic N) is 4. The van der Waals surface area contributed by atoms with E-state index in [0.717, 1.165) is 38.2 Å². The fourth-order valence-electron chi connectivity index (χ4n) is 3.96. The van der Waals surface area contributed by atoms with Crippen molar-refractivity contribution in [3.8, 4) is 0 Å². The quantitative estimate of drug-likeness (QED) is 0.758. The zero-order valence-electron chi connectivity index (χ0n) is 17.6. The molecule has 1 aromatic heterocycles. The molecule has 0 saturated carbocycles. The van der Waals surface area contributed by atoms with Crippen molar-refractivity contribution in [1.29, 1.82) is 0 Å². The Kier molecular flexibility index (Phi) is 7.99. The number of hydrogen-bond acceptors (Lipinski definition) is 5. The molecule has 172 valence electrons. The molecule has 0 aliphatic carbocycles. The first-order valence-corrected chi connectivity index (χ1v) is 9.99. The topological polar surface area (TPSA) is 94.0 Å². The van der Waals surface area contributed by atoms with Gasteiger partial charge in [-0.3, -0.25) is 19.5 Å². The molecule has 1 spiro atoms. The number of alkyl halides is 3.